The molecule has 1 aliphatic carbocycles. The third kappa shape index (κ3) is 3.48. The predicted octanol–water partition coefficient (Wildman–Crippen LogP) is 3.80. The van der Waals surface area contributed by atoms with Crippen LogP contribution in [0.15, 0.2) is 12.1 Å². The normalized spacial score (nSPS) is 22.6. The van der Waals surface area contributed by atoms with Crippen LogP contribution in [0.1, 0.15) is 41.6 Å². The molecule has 110 valence electrons. The van der Waals surface area contributed by atoms with Crippen molar-refractivity contribution in [3.8, 4) is 0 Å². The zero-order chi connectivity index (χ0) is 14.7. The number of rotatable bonds is 3. The SMILES string of the molecule is Cc1cc(C(=O)NCC2CCCCC2Cl)c(F)cc1F. The van der Waals surface area contributed by atoms with Gasteiger partial charge in [-0.15, -0.1) is 11.6 Å². The zero-order valence-corrected chi connectivity index (χ0v) is 12.1. The lowest BCUT2D eigenvalue weighted by Crippen LogP contribution is -2.35. The van der Waals surface area contributed by atoms with Crippen molar-refractivity contribution in [2.45, 2.75) is 38.0 Å². The van der Waals surface area contributed by atoms with Gasteiger partial charge >= 0.3 is 0 Å². The number of benzene rings is 1. The van der Waals surface area contributed by atoms with E-state index in [1.807, 2.05) is 0 Å². The third-order valence-electron chi connectivity index (χ3n) is 3.83. The van der Waals surface area contributed by atoms with Gasteiger partial charge in [-0.2, -0.15) is 0 Å². The average molecular weight is 302 g/mol. The summed E-state index contributed by atoms with van der Waals surface area (Å²) >= 11 is 6.21. The van der Waals surface area contributed by atoms with E-state index in [9.17, 15) is 13.6 Å². The lowest BCUT2D eigenvalue weighted by Gasteiger charge is -2.27. The molecule has 2 atom stereocenters. The molecular weight excluding hydrogens is 284 g/mol. The number of hydrogen-bond acceptors (Lipinski definition) is 1. The van der Waals surface area contributed by atoms with Gasteiger partial charge < -0.3 is 5.32 Å². The molecule has 1 fully saturated rings. The summed E-state index contributed by atoms with van der Waals surface area (Å²) in [7, 11) is 0. The van der Waals surface area contributed by atoms with Crippen LogP contribution in [0.3, 0.4) is 0 Å². The number of amides is 1. The van der Waals surface area contributed by atoms with Crippen LogP contribution < -0.4 is 5.32 Å². The first-order valence-corrected chi connectivity index (χ1v) is 7.30. The van der Waals surface area contributed by atoms with E-state index < -0.39 is 17.5 Å². The Kier molecular flexibility index (Phi) is 4.97. The number of alkyl halides is 1. The molecule has 0 aromatic heterocycles. The summed E-state index contributed by atoms with van der Waals surface area (Å²) in [6.07, 6.45) is 4.14. The van der Waals surface area contributed by atoms with Crippen molar-refractivity contribution < 1.29 is 13.6 Å². The molecule has 1 aromatic carbocycles. The first-order chi connectivity index (χ1) is 9.49. The molecular formula is C15H18ClF2NO. The van der Waals surface area contributed by atoms with Gasteiger partial charge in [-0.05, 0) is 37.3 Å². The summed E-state index contributed by atoms with van der Waals surface area (Å²) in [5.74, 6) is -1.78. The van der Waals surface area contributed by atoms with Crippen molar-refractivity contribution >= 4 is 17.5 Å². The molecule has 0 heterocycles. The molecule has 1 aliphatic rings. The first-order valence-electron chi connectivity index (χ1n) is 6.87. The fourth-order valence-corrected chi connectivity index (χ4v) is 2.91. The number of carbonyl (C=O) groups excluding carboxylic acids is 1. The highest BCUT2D eigenvalue weighted by atomic mass is 35.5. The van der Waals surface area contributed by atoms with Gasteiger partial charge in [-0.1, -0.05) is 12.8 Å². The van der Waals surface area contributed by atoms with E-state index in [1.165, 1.54) is 13.0 Å². The highest BCUT2D eigenvalue weighted by Gasteiger charge is 2.24. The van der Waals surface area contributed by atoms with Crippen LogP contribution in [-0.4, -0.2) is 17.8 Å². The van der Waals surface area contributed by atoms with Gasteiger partial charge in [0, 0.05) is 18.0 Å². The van der Waals surface area contributed by atoms with Crippen LogP contribution in [-0.2, 0) is 0 Å². The summed E-state index contributed by atoms with van der Waals surface area (Å²) in [6.45, 7) is 1.93. The fraction of sp³-hybridized carbons (Fsp3) is 0.533. The Morgan fingerprint density at radius 2 is 2.00 bits per heavy atom. The Hall–Kier alpha value is -1.16. The van der Waals surface area contributed by atoms with Crippen LogP contribution in [0.4, 0.5) is 8.78 Å². The van der Waals surface area contributed by atoms with Crippen molar-refractivity contribution in [2.75, 3.05) is 6.54 Å². The topological polar surface area (TPSA) is 29.1 Å². The molecule has 0 saturated heterocycles. The van der Waals surface area contributed by atoms with Gasteiger partial charge in [0.25, 0.3) is 5.91 Å². The van der Waals surface area contributed by atoms with E-state index in [-0.39, 0.29) is 22.4 Å². The van der Waals surface area contributed by atoms with E-state index in [2.05, 4.69) is 5.32 Å². The largest absolute Gasteiger partial charge is 0.352 e. The Morgan fingerprint density at radius 1 is 1.30 bits per heavy atom. The smallest absolute Gasteiger partial charge is 0.254 e. The van der Waals surface area contributed by atoms with Crippen LogP contribution in [0.2, 0.25) is 0 Å². The van der Waals surface area contributed by atoms with Crippen molar-refractivity contribution in [3.05, 3.63) is 34.9 Å². The minimum absolute atomic E-state index is 0.0591. The summed E-state index contributed by atoms with van der Waals surface area (Å²) in [6, 6.07) is 1.98. The summed E-state index contributed by atoms with van der Waals surface area (Å²) in [5.41, 5.74) is 0.135. The van der Waals surface area contributed by atoms with Crippen LogP contribution in [0, 0.1) is 24.5 Å². The number of nitrogens with one attached hydrogen (secondary N) is 1. The van der Waals surface area contributed by atoms with Crippen molar-refractivity contribution in [2.24, 2.45) is 5.92 Å². The Balaban J connectivity index is 2.00. The van der Waals surface area contributed by atoms with Crippen LogP contribution in [0.5, 0.6) is 0 Å². The van der Waals surface area contributed by atoms with Crippen molar-refractivity contribution in [3.63, 3.8) is 0 Å². The predicted molar refractivity (Wildman–Crippen MR) is 75.0 cm³/mol. The maximum absolute atomic E-state index is 13.6. The summed E-state index contributed by atoms with van der Waals surface area (Å²) in [5, 5.41) is 2.76. The minimum atomic E-state index is -0.836. The molecule has 0 aliphatic heterocycles. The molecule has 0 radical (unpaired) electrons. The summed E-state index contributed by atoms with van der Waals surface area (Å²) in [4.78, 5) is 12.0. The van der Waals surface area contributed by atoms with E-state index in [0.717, 1.165) is 31.7 Å². The second-order valence-electron chi connectivity index (χ2n) is 5.35. The molecule has 1 N–H and O–H groups in total. The molecule has 20 heavy (non-hydrogen) atoms. The second kappa shape index (κ2) is 6.53. The average Bonchev–Trinajstić information content (AvgIpc) is 2.41. The van der Waals surface area contributed by atoms with Crippen LogP contribution in [0.25, 0.3) is 0 Å². The minimum Gasteiger partial charge on any atom is -0.352 e. The third-order valence-corrected chi connectivity index (χ3v) is 4.41. The number of carbonyl (C=O) groups is 1. The molecule has 2 unspecified atom stereocenters. The van der Waals surface area contributed by atoms with Gasteiger partial charge in [0.15, 0.2) is 0 Å². The molecule has 1 amide bonds. The molecule has 1 aromatic rings. The van der Waals surface area contributed by atoms with Gasteiger partial charge in [0.2, 0.25) is 0 Å². The van der Waals surface area contributed by atoms with E-state index >= 15 is 0 Å². The molecule has 0 bridgehead atoms. The molecule has 1 saturated carbocycles. The Labute approximate surface area is 122 Å². The van der Waals surface area contributed by atoms with Gasteiger partial charge in [0.1, 0.15) is 11.6 Å². The van der Waals surface area contributed by atoms with Crippen molar-refractivity contribution in [1.82, 2.24) is 5.32 Å². The zero-order valence-electron chi connectivity index (χ0n) is 11.4. The maximum Gasteiger partial charge on any atom is 0.254 e. The second-order valence-corrected chi connectivity index (χ2v) is 5.91. The van der Waals surface area contributed by atoms with Crippen molar-refractivity contribution in [1.29, 1.82) is 0 Å². The molecule has 2 rings (SSSR count). The highest BCUT2D eigenvalue weighted by Crippen LogP contribution is 2.28. The van der Waals surface area contributed by atoms with Crippen LogP contribution >= 0.6 is 11.6 Å². The van der Waals surface area contributed by atoms with E-state index in [1.54, 1.807) is 0 Å². The fourth-order valence-electron chi connectivity index (χ4n) is 2.54. The maximum atomic E-state index is 13.6. The summed E-state index contributed by atoms with van der Waals surface area (Å²) < 4.78 is 26.8. The Bertz CT molecular complexity index is 507. The molecule has 0 spiro atoms. The molecule has 2 nitrogen and oxygen atoms in total. The number of aryl methyl sites for hydroxylation is 1. The molecule has 5 heteroatoms. The lowest BCUT2D eigenvalue weighted by atomic mass is 9.88. The Morgan fingerprint density at radius 3 is 2.70 bits per heavy atom. The first kappa shape index (κ1) is 15.2. The number of hydrogen-bond donors (Lipinski definition) is 1. The van der Waals surface area contributed by atoms with E-state index in [4.69, 9.17) is 11.6 Å². The van der Waals surface area contributed by atoms with Gasteiger partial charge in [-0.3, -0.25) is 4.79 Å². The highest BCUT2D eigenvalue weighted by molar-refractivity contribution is 6.20. The van der Waals surface area contributed by atoms with E-state index in [0.29, 0.717) is 6.54 Å². The quantitative estimate of drug-likeness (QED) is 0.845. The number of halogens is 3. The van der Waals surface area contributed by atoms with Gasteiger partial charge in [-0.25, -0.2) is 8.78 Å². The van der Waals surface area contributed by atoms with Gasteiger partial charge in [0.05, 0.1) is 5.56 Å². The lowest BCUT2D eigenvalue weighted by molar-refractivity contribution is 0.0940. The standard InChI is InChI=1S/C15H18ClF2NO/c1-9-6-11(14(18)7-13(9)17)15(20)19-8-10-4-2-3-5-12(10)16/h6-7,10,12H,2-5,8H2,1H3,(H,19,20). The monoisotopic (exact) mass is 301 g/mol.